The number of aromatic nitrogens is 1. The first-order chi connectivity index (χ1) is 44.8. The Bertz CT molecular complexity index is 2960. The number of carbonyl (C=O) groups excluding carboxylic acids is 8. The predicted octanol–water partition coefficient (Wildman–Crippen LogP) is -0.136. The van der Waals surface area contributed by atoms with Gasteiger partial charge in [0.05, 0.1) is 56.5 Å². The van der Waals surface area contributed by atoms with Gasteiger partial charge in [-0.1, -0.05) is 35.7 Å². The second-order valence-corrected chi connectivity index (χ2v) is 24.1. The molecule has 0 unspecified atom stereocenters. The number of halogens is 2. The predicted molar refractivity (Wildman–Crippen MR) is 340 cm³/mol. The van der Waals surface area contributed by atoms with Gasteiger partial charge in [-0.05, 0) is 62.4 Å². The summed E-state index contributed by atoms with van der Waals surface area (Å²) in [5.74, 6) is -3.87. The Morgan fingerprint density at radius 2 is 1.44 bits per heavy atom. The SMILES string of the molecule is C#C[C@H]1CC(F)(F)CN1C(=O)CNC(=O)c1ccnc2ccc(OCCCN3CCN(C(=O)[C@H](O)CSCCNC(=O)[C@H](CCOCCNC(=O)CCCc4ccc(C)cc4)NC(=O)CN4CCN(COC=O)CCN(COC=O)CCN(CC(=O)O)CC4)CC3)cc12. The van der Waals surface area contributed by atoms with E-state index in [0.29, 0.717) is 133 Å². The minimum atomic E-state index is -3.11. The quantitative estimate of drug-likeness (QED) is 0.0251. The standard InChI is InChI=1S/C63H88F2N12O15S/c1-3-49-37-63(64,65)42-77(49)58(83)38-69-60(86)51-14-16-66-53-13-12-50(36-52(51)53)92-32-5-19-71-28-30-76(31-29-71)62(88)55(80)41-93-35-18-68-61(87)54(15-33-89-34-17-67-56(81)7-4-6-48-10-8-47(2)9-11-48)70-57(82)39-72-20-21-73(40-59(84)85)23-25-75(44-91-46-79)27-26-74(24-22-72)43-90-45-78/h1,8-14,16,36,45-46,49,54-55,80H,4-7,15,17-35,37-44H2,2H3,(H,67,81)(H,68,87)(H,69,86)(H,70,82)(H,84,85)/t49-,54-,55+/m0/s1. The number of amides is 6. The fourth-order valence-electron chi connectivity index (χ4n) is 10.7. The highest BCUT2D eigenvalue weighted by molar-refractivity contribution is 7.99. The van der Waals surface area contributed by atoms with E-state index in [9.17, 15) is 62.1 Å². The number of alkyl halides is 2. The van der Waals surface area contributed by atoms with Gasteiger partial charge in [-0.2, -0.15) is 11.8 Å². The topological polar surface area (TPSA) is 315 Å². The molecule has 6 N–H and O–H groups in total. The van der Waals surface area contributed by atoms with Crippen LogP contribution in [-0.2, 0) is 59.0 Å². The van der Waals surface area contributed by atoms with Crippen molar-refractivity contribution < 1.29 is 81.1 Å². The highest BCUT2D eigenvalue weighted by Crippen LogP contribution is 2.32. The highest BCUT2D eigenvalue weighted by atomic mass is 32.2. The Morgan fingerprint density at radius 3 is 2.10 bits per heavy atom. The molecular weight excluding hydrogens is 1230 g/mol. The van der Waals surface area contributed by atoms with E-state index in [1.165, 1.54) is 24.0 Å². The average Bonchev–Trinajstić information content (AvgIpc) is 1.80. The number of benzene rings is 2. The summed E-state index contributed by atoms with van der Waals surface area (Å²) < 4.78 is 49.8. The zero-order valence-electron chi connectivity index (χ0n) is 52.7. The third-order valence-corrected chi connectivity index (χ3v) is 16.9. The van der Waals surface area contributed by atoms with E-state index >= 15 is 0 Å². The van der Waals surface area contributed by atoms with Gasteiger partial charge in [0.1, 0.15) is 31.4 Å². The maximum Gasteiger partial charge on any atom is 0.317 e. The molecule has 3 atom stereocenters. The van der Waals surface area contributed by atoms with Crippen molar-refractivity contribution in [3.05, 3.63) is 71.4 Å². The van der Waals surface area contributed by atoms with Crippen molar-refractivity contribution in [1.29, 1.82) is 0 Å². The first-order valence-corrected chi connectivity index (χ1v) is 32.4. The van der Waals surface area contributed by atoms with Crippen LogP contribution in [-0.4, -0.2) is 297 Å². The molecule has 30 heteroatoms. The minimum absolute atomic E-state index is 0.0218. The van der Waals surface area contributed by atoms with E-state index < -0.39 is 79.1 Å². The second kappa shape index (κ2) is 39.8. The number of aliphatic carboxylic acids is 1. The van der Waals surface area contributed by atoms with Crippen molar-refractivity contribution in [1.82, 2.24) is 60.6 Å². The number of aliphatic hydroxyl groups excluding tert-OH is 1. The Morgan fingerprint density at radius 1 is 0.785 bits per heavy atom. The summed E-state index contributed by atoms with van der Waals surface area (Å²) in [6.45, 7) is 6.93. The van der Waals surface area contributed by atoms with Crippen molar-refractivity contribution in [2.75, 3.05) is 169 Å². The number of nitrogens with one attached hydrogen (secondary N) is 4. The summed E-state index contributed by atoms with van der Waals surface area (Å²) in [4.78, 5) is 130. The van der Waals surface area contributed by atoms with Crippen LogP contribution in [0.4, 0.5) is 8.78 Å². The molecule has 0 bridgehead atoms. The summed E-state index contributed by atoms with van der Waals surface area (Å²) >= 11 is 1.27. The van der Waals surface area contributed by atoms with E-state index in [1.807, 2.05) is 45.9 Å². The Labute approximate surface area is 544 Å². The fourth-order valence-corrected chi connectivity index (χ4v) is 11.5. The number of hydrogen-bond donors (Lipinski definition) is 6. The Balaban J connectivity index is 0.930. The lowest BCUT2D eigenvalue weighted by Crippen LogP contribution is -2.52. The van der Waals surface area contributed by atoms with Crippen LogP contribution in [0.15, 0.2) is 54.7 Å². The van der Waals surface area contributed by atoms with Gasteiger partial charge in [0.2, 0.25) is 23.6 Å². The molecule has 3 aliphatic heterocycles. The Hall–Kier alpha value is -7.63. The number of hydrogen-bond acceptors (Lipinski definition) is 21. The third kappa shape index (κ3) is 26.7. The zero-order valence-corrected chi connectivity index (χ0v) is 53.5. The molecular formula is C63H88F2N12O15S. The van der Waals surface area contributed by atoms with Crippen LogP contribution in [0.1, 0.15) is 53.6 Å². The number of fused-ring (bicyclic) bond motifs is 1. The van der Waals surface area contributed by atoms with Gasteiger partial charge in [-0.25, -0.2) is 8.78 Å². The number of terminal acetylenes is 1. The normalized spacial score (nSPS) is 17.8. The van der Waals surface area contributed by atoms with Crippen LogP contribution in [0.5, 0.6) is 5.75 Å². The van der Waals surface area contributed by atoms with Crippen LogP contribution >= 0.6 is 11.8 Å². The van der Waals surface area contributed by atoms with Crippen LogP contribution < -0.4 is 26.0 Å². The van der Waals surface area contributed by atoms with Crippen molar-refractivity contribution in [3.63, 3.8) is 0 Å². The summed E-state index contributed by atoms with van der Waals surface area (Å²) in [5.41, 5.74) is 3.03. The van der Waals surface area contributed by atoms with Gasteiger partial charge in [0.25, 0.3) is 30.7 Å². The number of nitrogens with zero attached hydrogens (tertiary/aromatic N) is 8. The van der Waals surface area contributed by atoms with Crippen molar-refractivity contribution in [3.8, 4) is 18.1 Å². The molecule has 6 amide bonds. The lowest BCUT2D eigenvalue weighted by molar-refractivity contribution is -0.141. The van der Waals surface area contributed by atoms with Crippen LogP contribution in [0.25, 0.3) is 10.9 Å². The molecule has 0 spiro atoms. The molecule has 0 radical (unpaired) electrons. The first-order valence-electron chi connectivity index (χ1n) is 31.2. The molecule has 93 heavy (non-hydrogen) atoms. The number of carbonyl (C=O) groups is 9. The van der Waals surface area contributed by atoms with Crippen LogP contribution in [0.2, 0.25) is 0 Å². The van der Waals surface area contributed by atoms with E-state index in [4.69, 9.17) is 25.4 Å². The number of aryl methyl sites for hydroxylation is 2. The van der Waals surface area contributed by atoms with Crippen molar-refractivity contribution in [2.45, 2.75) is 69.6 Å². The number of carboxylic acids is 1. The number of ether oxygens (including phenoxy) is 4. The Kier molecular flexibility index (Phi) is 31.9. The van der Waals surface area contributed by atoms with Gasteiger partial charge in [0, 0.05) is 141 Å². The van der Waals surface area contributed by atoms with Crippen LogP contribution in [0, 0.1) is 19.3 Å². The molecule has 3 fully saturated rings. The first kappa shape index (κ1) is 74.4. The summed E-state index contributed by atoms with van der Waals surface area (Å²) in [6.07, 6.45) is 7.40. The molecule has 2 aromatic carbocycles. The molecule has 1 aromatic heterocycles. The van der Waals surface area contributed by atoms with Gasteiger partial charge in [0.15, 0.2) is 0 Å². The molecule has 3 aromatic rings. The van der Waals surface area contributed by atoms with E-state index in [1.54, 1.807) is 28.0 Å². The molecule has 6 rings (SSSR count). The van der Waals surface area contributed by atoms with E-state index in [0.717, 1.165) is 22.4 Å². The largest absolute Gasteiger partial charge is 0.494 e. The second-order valence-electron chi connectivity index (χ2n) is 22.9. The maximum atomic E-state index is 14.0. The fraction of sp³-hybridized carbons (Fsp3) is 0.587. The number of aliphatic hydroxyl groups is 1. The monoisotopic (exact) mass is 1320 g/mol. The van der Waals surface area contributed by atoms with Crippen molar-refractivity contribution in [2.24, 2.45) is 0 Å². The average molecular weight is 1320 g/mol. The molecule has 3 saturated heterocycles. The zero-order chi connectivity index (χ0) is 67.0. The number of rotatable bonds is 36. The van der Waals surface area contributed by atoms with E-state index in [2.05, 4.69) is 37.1 Å². The third-order valence-electron chi connectivity index (χ3n) is 15.9. The van der Waals surface area contributed by atoms with Gasteiger partial charge >= 0.3 is 5.97 Å². The van der Waals surface area contributed by atoms with Gasteiger partial charge < -0.3 is 60.2 Å². The summed E-state index contributed by atoms with van der Waals surface area (Å²) in [7, 11) is 0. The molecule has 0 aliphatic carbocycles. The lowest BCUT2D eigenvalue weighted by Gasteiger charge is -2.35. The number of piperazine rings is 1. The van der Waals surface area contributed by atoms with Crippen molar-refractivity contribution >= 4 is 77.0 Å². The molecule has 0 saturated carbocycles. The van der Waals surface area contributed by atoms with E-state index in [-0.39, 0.29) is 89.6 Å². The number of likely N-dealkylation sites (tertiary alicyclic amines) is 1. The lowest BCUT2D eigenvalue weighted by atomic mass is 10.1. The number of thioether (sulfide) groups is 1. The number of carboxylic acid groups (broad SMARTS) is 1. The maximum absolute atomic E-state index is 14.0. The molecule has 27 nitrogen and oxygen atoms in total. The van der Waals surface area contributed by atoms with Gasteiger partial charge in [-0.3, -0.25) is 72.6 Å². The highest BCUT2D eigenvalue weighted by Gasteiger charge is 2.46. The van der Waals surface area contributed by atoms with Gasteiger partial charge in [-0.15, -0.1) is 6.42 Å². The minimum Gasteiger partial charge on any atom is -0.494 e. The summed E-state index contributed by atoms with van der Waals surface area (Å²) in [5, 5.41) is 32.2. The molecule has 510 valence electrons. The smallest absolute Gasteiger partial charge is 0.317 e. The van der Waals surface area contributed by atoms with Crippen LogP contribution in [0.3, 0.4) is 0 Å². The molecule has 3 aliphatic rings. The number of pyridine rings is 1. The molecule has 4 heterocycles. The summed E-state index contributed by atoms with van der Waals surface area (Å²) in [6, 6.07) is 12.6.